The first-order valence-corrected chi connectivity index (χ1v) is 6.58. The number of carbonyl (C=O) groups excluding carboxylic acids is 1. The molecule has 0 radical (unpaired) electrons. The molecule has 1 aromatic rings. The summed E-state index contributed by atoms with van der Waals surface area (Å²) in [6.45, 7) is 2.92. The molecule has 1 aromatic heterocycles. The number of hydrogen-bond acceptors (Lipinski definition) is 2. The summed E-state index contributed by atoms with van der Waals surface area (Å²) in [5.74, 6) is 1.17. The monoisotopic (exact) mass is 237 g/mol. The standard InChI is InChI=1S/C13H23N3O/c1-2-3-4-5-8-13(17)16-9-6-7-12-14-10-11-15-12/h10-11H,2-9H2,1H3,(H,14,15)(H,16,17). The first-order chi connectivity index (χ1) is 8.33. The lowest BCUT2D eigenvalue weighted by atomic mass is 10.1. The second kappa shape index (κ2) is 8.79. The SMILES string of the molecule is CCCCCCC(=O)NCCCc1ncc[nH]1. The van der Waals surface area contributed by atoms with Crippen LogP contribution >= 0.6 is 0 Å². The molecule has 0 aliphatic heterocycles. The molecule has 96 valence electrons. The fourth-order valence-corrected chi connectivity index (χ4v) is 1.72. The van der Waals surface area contributed by atoms with E-state index in [1.54, 1.807) is 6.20 Å². The van der Waals surface area contributed by atoms with Gasteiger partial charge >= 0.3 is 0 Å². The molecule has 0 bridgehead atoms. The Morgan fingerprint density at radius 3 is 2.94 bits per heavy atom. The minimum Gasteiger partial charge on any atom is -0.356 e. The Morgan fingerprint density at radius 2 is 2.24 bits per heavy atom. The van der Waals surface area contributed by atoms with Crippen molar-refractivity contribution in [3.63, 3.8) is 0 Å². The Labute approximate surface area is 103 Å². The number of carbonyl (C=O) groups is 1. The largest absolute Gasteiger partial charge is 0.356 e. The van der Waals surface area contributed by atoms with Crippen LogP contribution in [0.2, 0.25) is 0 Å². The zero-order valence-corrected chi connectivity index (χ0v) is 10.7. The molecule has 1 heterocycles. The number of hydrogen-bond donors (Lipinski definition) is 2. The molecular formula is C13H23N3O. The maximum atomic E-state index is 11.4. The van der Waals surface area contributed by atoms with Crippen LogP contribution < -0.4 is 5.32 Å². The van der Waals surface area contributed by atoms with Crippen LogP contribution in [0.4, 0.5) is 0 Å². The van der Waals surface area contributed by atoms with Gasteiger partial charge in [-0.3, -0.25) is 4.79 Å². The van der Waals surface area contributed by atoms with Gasteiger partial charge in [-0.15, -0.1) is 0 Å². The summed E-state index contributed by atoms with van der Waals surface area (Å²) in [6, 6.07) is 0. The molecule has 4 nitrogen and oxygen atoms in total. The molecule has 0 saturated heterocycles. The van der Waals surface area contributed by atoms with E-state index >= 15 is 0 Å². The normalized spacial score (nSPS) is 10.4. The van der Waals surface area contributed by atoms with E-state index in [-0.39, 0.29) is 5.91 Å². The first kappa shape index (κ1) is 13.7. The number of nitrogens with zero attached hydrogens (tertiary/aromatic N) is 1. The number of aryl methyl sites for hydroxylation is 1. The van der Waals surface area contributed by atoms with E-state index in [0.717, 1.165) is 38.1 Å². The number of aromatic nitrogens is 2. The second-order valence-electron chi connectivity index (χ2n) is 4.30. The molecule has 4 heteroatoms. The fourth-order valence-electron chi connectivity index (χ4n) is 1.72. The predicted octanol–water partition coefficient (Wildman–Crippen LogP) is 2.43. The number of aromatic amines is 1. The number of nitrogens with one attached hydrogen (secondary N) is 2. The highest BCUT2D eigenvalue weighted by atomic mass is 16.1. The van der Waals surface area contributed by atoms with Crippen LogP contribution in [0.15, 0.2) is 12.4 Å². The van der Waals surface area contributed by atoms with Crippen molar-refractivity contribution in [1.82, 2.24) is 15.3 Å². The molecular weight excluding hydrogens is 214 g/mol. The summed E-state index contributed by atoms with van der Waals surface area (Å²) in [5.41, 5.74) is 0. The lowest BCUT2D eigenvalue weighted by molar-refractivity contribution is -0.121. The summed E-state index contributed by atoms with van der Waals surface area (Å²) < 4.78 is 0. The van der Waals surface area contributed by atoms with Crippen molar-refractivity contribution >= 4 is 5.91 Å². The molecule has 2 N–H and O–H groups in total. The van der Waals surface area contributed by atoms with Gasteiger partial charge in [0.2, 0.25) is 5.91 Å². The van der Waals surface area contributed by atoms with E-state index in [0.29, 0.717) is 6.42 Å². The van der Waals surface area contributed by atoms with Gasteiger partial charge in [-0.2, -0.15) is 0 Å². The molecule has 17 heavy (non-hydrogen) atoms. The van der Waals surface area contributed by atoms with Crippen molar-refractivity contribution in [1.29, 1.82) is 0 Å². The van der Waals surface area contributed by atoms with Gasteiger partial charge in [0.25, 0.3) is 0 Å². The third-order valence-corrected chi connectivity index (χ3v) is 2.72. The second-order valence-corrected chi connectivity index (χ2v) is 4.30. The van der Waals surface area contributed by atoms with Crippen LogP contribution in [0.5, 0.6) is 0 Å². The van der Waals surface area contributed by atoms with Crippen molar-refractivity contribution in [2.75, 3.05) is 6.54 Å². The Balaban J connectivity index is 1.93. The molecule has 0 spiro atoms. The fraction of sp³-hybridized carbons (Fsp3) is 0.692. The molecule has 0 unspecified atom stereocenters. The van der Waals surface area contributed by atoms with E-state index < -0.39 is 0 Å². The van der Waals surface area contributed by atoms with E-state index in [2.05, 4.69) is 22.2 Å². The smallest absolute Gasteiger partial charge is 0.219 e. The Kier molecular flexibility index (Phi) is 7.11. The minimum absolute atomic E-state index is 0.181. The van der Waals surface area contributed by atoms with Crippen LogP contribution in [0.1, 0.15) is 51.3 Å². The Morgan fingerprint density at radius 1 is 1.35 bits per heavy atom. The minimum atomic E-state index is 0.181. The van der Waals surface area contributed by atoms with Gasteiger partial charge in [0.05, 0.1) is 0 Å². The van der Waals surface area contributed by atoms with Gasteiger partial charge < -0.3 is 10.3 Å². The molecule has 0 fully saturated rings. The van der Waals surface area contributed by atoms with Crippen molar-refractivity contribution in [3.05, 3.63) is 18.2 Å². The first-order valence-electron chi connectivity index (χ1n) is 6.58. The van der Waals surface area contributed by atoms with Crippen LogP contribution in [0.3, 0.4) is 0 Å². The molecule has 0 aromatic carbocycles. The van der Waals surface area contributed by atoms with Crippen LogP contribution in [-0.2, 0) is 11.2 Å². The van der Waals surface area contributed by atoms with Crippen LogP contribution in [-0.4, -0.2) is 22.4 Å². The number of H-pyrrole nitrogens is 1. The Bertz CT molecular complexity index is 296. The van der Waals surface area contributed by atoms with Crippen LogP contribution in [0.25, 0.3) is 0 Å². The maximum Gasteiger partial charge on any atom is 0.219 e. The highest BCUT2D eigenvalue weighted by Crippen LogP contribution is 2.02. The summed E-state index contributed by atoms with van der Waals surface area (Å²) in [5, 5.41) is 2.94. The topological polar surface area (TPSA) is 57.8 Å². The third-order valence-electron chi connectivity index (χ3n) is 2.72. The van der Waals surface area contributed by atoms with Crippen LogP contribution in [0, 0.1) is 0 Å². The molecule has 1 rings (SSSR count). The van der Waals surface area contributed by atoms with E-state index in [1.807, 2.05) is 6.20 Å². The van der Waals surface area contributed by atoms with Gasteiger partial charge in [-0.05, 0) is 12.8 Å². The van der Waals surface area contributed by atoms with Gasteiger partial charge in [0.1, 0.15) is 5.82 Å². The van der Waals surface area contributed by atoms with Gasteiger partial charge in [0, 0.05) is 31.8 Å². The highest BCUT2D eigenvalue weighted by Gasteiger charge is 2.00. The van der Waals surface area contributed by atoms with Gasteiger partial charge in [-0.1, -0.05) is 26.2 Å². The summed E-state index contributed by atoms with van der Waals surface area (Å²) in [6.07, 6.45) is 10.7. The van der Waals surface area contributed by atoms with E-state index in [1.165, 1.54) is 12.8 Å². The average Bonchev–Trinajstić information content (AvgIpc) is 2.83. The number of rotatable bonds is 9. The van der Waals surface area contributed by atoms with Gasteiger partial charge in [0.15, 0.2) is 0 Å². The molecule has 1 amide bonds. The zero-order valence-electron chi connectivity index (χ0n) is 10.7. The number of unbranched alkanes of at least 4 members (excludes halogenated alkanes) is 3. The molecule has 0 aliphatic rings. The lowest BCUT2D eigenvalue weighted by Crippen LogP contribution is -2.24. The molecule has 0 saturated carbocycles. The third kappa shape index (κ3) is 6.76. The van der Waals surface area contributed by atoms with E-state index in [4.69, 9.17) is 0 Å². The van der Waals surface area contributed by atoms with Crippen molar-refractivity contribution in [2.45, 2.75) is 51.9 Å². The number of amides is 1. The molecule has 0 aliphatic carbocycles. The summed E-state index contributed by atoms with van der Waals surface area (Å²) in [7, 11) is 0. The predicted molar refractivity (Wildman–Crippen MR) is 68.7 cm³/mol. The summed E-state index contributed by atoms with van der Waals surface area (Å²) in [4.78, 5) is 18.6. The van der Waals surface area contributed by atoms with Gasteiger partial charge in [-0.25, -0.2) is 4.98 Å². The number of imidazole rings is 1. The molecule has 0 atom stereocenters. The Hall–Kier alpha value is -1.32. The van der Waals surface area contributed by atoms with Crippen molar-refractivity contribution in [2.24, 2.45) is 0 Å². The van der Waals surface area contributed by atoms with Crippen molar-refractivity contribution in [3.8, 4) is 0 Å². The maximum absolute atomic E-state index is 11.4. The van der Waals surface area contributed by atoms with E-state index in [9.17, 15) is 4.79 Å². The highest BCUT2D eigenvalue weighted by molar-refractivity contribution is 5.75. The zero-order chi connectivity index (χ0) is 12.3. The average molecular weight is 237 g/mol. The van der Waals surface area contributed by atoms with Crippen molar-refractivity contribution < 1.29 is 4.79 Å². The summed E-state index contributed by atoms with van der Waals surface area (Å²) >= 11 is 0. The lowest BCUT2D eigenvalue weighted by Gasteiger charge is -2.04. The quantitative estimate of drug-likeness (QED) is 0.648.